The molecule has 13 nitrogen and oxygen atoms in total. The van der Waals surface area contributed by atoms with E-state index in [0.29, 0.717) is 38.0 Å². The van der Waals surface area contributed by atoms with Gasteiger partial charge in [0.25, 0.3) is 5.91 Å². The van der Waals surface area contributed by atoms with Crippen molar-refractivity contribution in [3.63, 3.8) is 0 Å². The number of hydrogen-bond donors (Lipinski definition) is 8. The number of amides is 1. The van der Waals surface area contributed by atoms with Crippen LogP contribution in [0.2, 0.25) is 0 Å². The Balaban J connectivity index is 1.09. The molecule has 3 aliphatic heterocycles. The number of hydrogen-bond acceptors (Lipinski definition) is 12. The van der Waals surface area contributed by atoms with E-state index in [4.69, 9.17) is 9.47 Å². The molecule has 3 rings (SSSR count). The molecule has 0 saturated carbocycles. The van der Waals surface area contributed by atoms with Crippen LogP contribution in [0.1, 0.15) is 136 Å². The molecule has 0 spiro atoms. The molecule has 1 amide bonds. The van der Waals surface area contributed by atoms with Crippen LogP contribution in [0.25, 0.3) is 0 Å². The van der Waals surface area contributed by atoms with Crippen molar-refractivity contribution in [2.45, 2.75) is 191 Å². The van der Waals surface area contributed by atoms with Crippen molar-refractivity contribution in [2.24, 2.45) is 11.8 Å². The van der Waals surface area contributed by atoms with Crippen molar-refractivity contribution in [3.05, 3.63) is 23.5 Å². The largest absolute Gasteiger partial charge is 0.511 e. The molecule has 4 unspecified atom stereocenters. The van der Waals surface area contributed by atoms with Crippen LogP contribution in [-0.4, -0.2) is 132 Å². The minimum Gasteiger partial charge on any atom is -0.511 e. The van der Waals surface area contributed by atoms with Gasteiger partial charge in [0.05, 0.1) is 31.0 Å². The molecular weight excluding hydrogens is 698 g/mol. The Labute approximate surface area is 322 Å². The highest BCUT2D eigenvalue weighted by molar-refractivity contribution is 6.27. The van der Waals surface area contributed by atoms with Crippen LogP contribution < -0.4 is 0 Å². The van der Waals surface area contributed by atoms with Crippen molar-refractivity contribution in [1.82, 2.24) is 4.90 Å². The van der Waals surface area contributed by atoms with Crippen LogP contribution in [-0.2, 0) is 19.1 Å². The average molecular weight is 770 g/mol. The Morgan fingerprint density at radius 1 is 0.815 bits per heavy atom. The molecule has 3 aliphatic rings. The topological polar surface area (TPSA) is 218 Å². The highest BCUT2D eigenvalue weighted by Gasteiger charge is 2.50. The Bertz CT molecular complexity index is 1140. The van der Waals surface area contributed by atoms with Crippen LogP contribution in [0.4, 0.5) is 0 Å². The standard InChI is InChI=1S/C41H71NO12/c1-27(23-28(2)35(47)34-36(48)32-24-31(46)25-42(32)40(34)52)17-12-9-7-5-3-4-6-8-10-13-18-29(44)20-16-21-30(45)19-14-11-15-22-53-41-39(51)38(50)37(49)33(26-43)54-41/h10,13,27-33,37-39,41,43-47,49-51H,3-9,11-12,14-26H2,1-2H3/t27?,28?,29?,30?,31-,32-,33-,37-,38+,39+,41-/m1/s1. The average Bonchev–Trinajstić information content (AvgIpc) is 3.64. The predicted molar refractivity (Wildman–Crippen MR) is 203 cm³/mol. The lowest BCUT2D eigenvalue weighted by Crippen LogP contribution is -2.59. The first-order chi connectivity index (χ1) is 25.8. The number of ether oxygens (including phenoxy) is 2. The Hall–Kier alpha value is -1.94. The number of nitrogens with zero attached hydrogens (tertiary/aromatic N) is 1. The molecule has 0 aliphatic carbocycles. The summed E-state index contributed by atoms with van der Waals surface area (Å²) in [6.45, 7) is 3.97. The molecule has 3 heterocycles. The Morgan fingerprint density at radius 3 is 2.15 bits per heavy atom. The van der Waals surface area contributed by atoms with Gasteiger partial charge in [-0.15, -0.1) is 0 Å². The van der Waals surface area contributed by atoms with Crippen molar-refractivity contribution >= 4 is 11.7 Å². The van der Waals surface area contributed by atoms with Crippen molar-refractivity contribution in [1.29, 1.82) is 0 Å². The van der Waals surface area contributed by atoms with Crippen LogP contribution in [0.15, 0.2) is 23.5 Å². The summed E-state index contributed by atoms with van der Waals surface area (Å²) in [5.41, 5.74) is -0.0740. The van der Waals surface area contributed by atoms with Crippen LogP contribution in [0, 0.1) is 11.8 Å². The summed E-state index contributed by atoms with van der Waals surface area (Å²) >= 11 is 0. The van der Waals surface area contributed by atoms with E-state index in [0.717, 1.165) is 51.4 Å². The first kappa shape index (κ1) is 46.4. The van der Waals surface area contributed by atoms with E-state index >= 15 is 0 Å². The first-order valence-electron chi connectivity index (χ1n) is 20.7. The second-order valence-electron chi connectivity index (χ2n) is 16.1. The summed E-state index contributed by atoms with van der Waals surface area (Å²) in [7, 11) is 0. The second kappa shape index (κ2) is 24.6. The van der Waals surface area contributed by atoms with Gasteiger partial charge in [-0.25, -0.2) is 0 Å². The minimum absolute atomic E-state index is 0.0740. The first-order valence-corrected chi connectivity index (χ1v) is 20.7. The highest BCUT2D eigenvalue weighted by atomic mass is 16.7. The number of allylic oxidation sites excluding steroid dienone is 2. The van der Waals surface area contributed by atoms with Crippen LogP contribution in [0.3, 0.4) is 0 Å². The Morgan fingerprint density at radius 2 is 1.44 bits per heavy atom. The van der Waals surface area contributed by atoms with Gasteiger partial charge >= 0.3 is 0 Å². The third kappa shape index (κ3) is 14.9. The fourth-order valence-corrected chi connectivity index (χ4v) is 7.94. The van der Waals surface area contributed by atoms with Gasteiger partial charge in [-0.1, -0.05) is 83.8 Å². The van der Waals surface area contributed by atoms with Crippen molar-refractivity contribution in [3.8, 4) is 0 Å². The summed E-state index contributed by atoms with van der Waals surface area (Å²) < 4.78 is 10.8. The summed E-state index contributed by atoms with van der Waals surface area (Å²) in [5, 5.41) is 80.0. The van der Waals surface area contributed by atoms with Gasteiger partial charge in [0, 0.05) is 25.5 Å². The fraction of sp³-hybridized carbons (Fsp3) is 0.854. The third-order valence-corrected chi connectivity index (χ3v) is 11.3. The molecule has 312 valence electrons. The maximum absolute atomic E-state index is 12.7. The van der Waals surface area contributed by atoms with Gasteiger partial charge in [-0.3, -0.25) is 9.59 Å². The summed E-state index contributed by atoms with van der Waals surface area (Å²) in [4.78, 5) is 26.8. The number of fused-ring (bicyclic) bond motifs is 1. The molecule has 54 heavy (non-hydrogen) atoms. The lowest BCUT2D eigenvalue weighted by Gasteiger charge is -2.39. The second-order valence-corrected chi connectivity index (χ2v) is 16.1. The zero-order chi connectivity index (χ0) is 39.6. The number of aliphatic hydroxyl groups excluding tert-OH is 8. The van der Waals surface area contributed by atoms with E-state index in [2.05, 4.69) is 19.1 Å². The number of carbonyl (C=O) groups is 2. The number of rotatable bonds is 27. The van der Waals surface area contributed by atoms with Crippen molar-refractivity contribution < 1.29 is 59.9 Å². The SMILES string of the molecule is CC(CCCCCCCCCC=CCC(O)CCCC(O)CCCCCO[C@@H]1O[C@H](CO)[C@@H](O)[C@H](O)[C@@H]1O)CC(C)C(O)=C1C(=O)[C@H]2C[C@@H](O)CN2C1=O. The zero-order valence-electron chi connectivity index (χ0n) is 32.7. The Kier molecular flexibility index (Phi) is 21.2. The van der Waals surface area contributed by atoms with Gasteiger partial charge in [-0.05, 0) is 63.7 Å². The molecule has 13 heteroatoms. The lowest BCUT2D eigenvalue weighted by atomic mass is 9.89. The molecule has 3 saturated heterocycles. The molecule has 0 bridgehead atoms. The normalized spacial score (nSPS) is 29.2. The number of ketones is 1. The number of carbonyl (C=O) groups excluding carboxylic acids is 2. The van der Waals surface area contributed by atoms with Gasteiger partial charge in [0.2, 0.25) is 0 Å². The summed E-state index contributed by atoms with van der Waals surface area (Å²) in [5.74, 6) is -0.769. The number of Topliss-reactive ketones (excluding diaryl/α,β-unsaturated/α-hetero) is 1. The highest BCUT2D eigenvalue weighted by Crippen LogP contribution is 2.34. The molecule has 0 aromatic heterocycles. The van der Waals surface area contributed by atoms with E-state index in [1.54, 1.807) is 0 Å². The number of aliphatic hydroxyl groups is 8. The van der Waals surface area contributed by atoms with Crippen LogP contribution >= 0.6 is 0 Å². The van der Waals surface area contributed by atoms with Gasteiger partial charge < -0.3 is 55.2 Å². The van der Waals surface area contributed by atoms with E-state index in [1.807, 2.05) is 6.92 Å². The molecule has 0 aromatic carbocycles. The molecular formula is C41H71NO12. The number of unbranched alkanes of at least 4 members (excludes halogenated alkanes) is 9. The van der Waals surface area contributed by atoms with Crippen molar-refractivity contribution in [2.75, 3.05) is 19.8 Å². The maximum atomic E-state index is 12.7. The van der Waals surface area contributed by atoms with Gasteiger partial charge in [0.1, 0.15) is 35.7 Å². The smallest absolute Gasteiger partial charge is 0.261 e. The molecule has 11 atom stereocenters. The van der Waals surface area contributed by atoms with E-state index in [9.17, 15) is 50.4 Å². The summed E-state index contributed by atoms with van der Waals surface area (Å²) in [6, 6.07) is -0.625. The molecule has 0 radical (unpaired) electrons. The predicted octanol–water partition coefficient (Wildman–Crippen LogP) is 3.73. The quantitative estimate of drug-likeness (QED) is 0.0197. The molecule has 0 aromatic rings. The minimum atomic E-state index is -1.45. The van der Waals surface area contributed by atoms with E-state index in [-0.39, 0.29) is 42.6 Å². The van der Waals surface area contributed by atoms with Crippen LogP contribution in [0.5, 0.6) is 0 Å². The maximum Gasteiger partial charge on any atom is 0.261 e. The molecule has 8 N–H and O–H groups in total. The fourth-order valence-electron chi connectivity index (χ4n) is 7.94. The van der Waals surface area contributed by atoms with Gasteiger partial charge in [0.15, 0.2) is 12.1 Å². The molecule has 3 fully saturated rings. The zero-order valence-corrected chi connectivity index (χ0v) is 32.7. The van der Waals surface area contributed by atoms with E-state index < -0.39 is 67.6 Å². The third-order valence-electron chi connectivity index (χ3n) is 11.3. The lowest BCUT2D eigenvalue weighted by molar-refractivity contribution is -0.301. The van der Waals surface area contributed by atoms with E-state index in [1.165, 1.54) is 37.0 Å². The monoisotopic (exact) mass is 769 g/mol. The summed E-state index contributed by atoms with van der Waals surface area (Å²) in [6.07, 6.45) is 13.2. The van der Waals surface area contributed by atoms with Gasteiger partial charge in [-0.2, -0.15) is 0 Å².